The van der Waals surface area contributed by atoms with Crippen molar-refractivity contribution in [3.63, 3.8) is 0 Å². The van der Waals surface area contributed by atoms with E-state index in [2.05, 4.69) is 56.3 Å². The van der Waals surface area contributed by atoms with Gasteiger partial charge in [0.05, 0.1) is 17.7 Å². The summed E-state index contributed by atoms with van der Waals surface area (Å²) >= 11 is 0. The van der Waals surface area contributed by atoms with Crippen molar-refractivity contribution in [3.05, 3.63) is 48.6 Å². The van der Waals surface area contributed by atoms with Crippen molar-refractivity contribution < 1.29 is 9.42 Å². The van der Waals surface area contributed by atoms with Gasteiger partial charge in [0.1, 0.15) is 6.10 Å². The molecule has 5 atom stereocenters. The highest BCUT2D eigenvalue weighted by Gasteiger charge is 2.60. The fourth-order valence-corrected chi connectivity index (χ4v) is 7.93. The first kappa shape index (κ1) is 20.0. The quantitative estimate of drug-likeness (QED) is 0.513. The molecule has 0 bridgehead atoms. The second kappa shape index (κ2) is 7.72. The van der Waals surface area contributed by atoms with Gasteiger partial charge < -0.3 is 4.89 Å². The van der Waals surface area contributed by atoms with E-state index in [1.807, 2.05) is 19.1 Å². The van der Waals surface area contributed by atoms with Crippen molar-refractivity contribution in [2.45, 2.75) is 71.1 Å². The second-order valence-corrected chi connectivity index (χ2v) is 11.1. The molecular weight excluding hydrogens is 341 g/mol. The van der Waals surface area contributed by atoms with Gasteiger partial charge in [0, 0.05) is 5.92 Å². The Hall–Kier alpha value is -0.730. The molecule has 3 nitrogen and oxygen atoms in total. The molecule has 1 saturated heterocycles. The molecule has 0 spiro atoms. The molecule has 1 aromatic carbocycles. The Morgan fingerprint density at radius 1 is 1.35 bits per heavy atom. The maximum absolute atomic E-state index is 14.1. The molecule has 2 fully saturated rings. The SMILES string of the molecule is C=CC[C@H](c1ccccc1)N1C(C)(C)[C@@H]2CC[C@@H](C)C[C@H]2O[P+]1([O-])CC. The van der Waals surface area contributed by atoms with Crippen LogP contribution in [-0.4, -0.2) is 22.5 Å². The number of rotatable bonds is 5. The molecule has 1 heterocycles. The molecule has 3 rings (SSSR count). The van der Waals surface area contributed by atoms with Gasteiger partial charge in [-0.25, -0.2) is 4.52 Å². The van der Waals surface area contributed by atoms with Crippen LogP contribution in [0, 0.1) is 11.8 Å². The van der Waals surface area contributed by atoms with Gasteiger partial charge in [0.2, 0.25) is 0 Å². The lowest BCUT2D eigenvalue weighted by Crippen LogP contribution is -2.62. The Morgan fingerprint density at radius 2 is 2.04 bits per heavy atom. The highest BCUT2D eigenvalue weighted by Crippen LogP contribution is 2.69. The molecule has 1 saturated carbocycles. The standard InChI is InChI=1S/C22H34NO2P/c1-6-11-20(18-12-9-8-10-13-18)23-22(4,5)19-15-14-17(3)16-21(19)25-26(23,24)7-2/h6,8-10,12-13,17,19-21H,1,7,11,14-16H2,2-5H3/t17-,19-,20-,21-,26?/m1/s1. The van der Waals surface area contributed by atoms with Crippen LogP contribution >= 0.6 is 7.87 Å². The summed E-state index contributed by atoms with van der Waals surface area (Å²) in [6.45, 7) is 12.8. The van der Waals surface area contributed by atoms with Crippen molar-refractivity contribution >= 4 is 7.87 Å². The molecule has 144 valence electrons. The van der Waals surface area contributed by atoms with Crippen LogP contribution in [0.1, 0.15) is 65.0 Å². The van der Waals surface area contributed by atoms with E-state index in [0.29, 0.717) is 18.0 Å². The molecule has 4 heteroatoms. The third kappa shape index (κ3) is 3.52. The Labute approximate surface area is 160 Å². The summed E-state index contributed by atoms with van der Waals surface area (Å²) in [5.74, 6) is 1.07. The molecule has 0 amide bonds. The zero-order chi connectivity index (χ0) is 18.9. The first-order valence-corrected chi connectivity index (χ1v) is 11.8. The number of hydrogen-bond donors (Lipinski definition) is 0. The lowest BCUT2D eigenvalue weighted by atomic mass is 9.71. The fourth-order valence-electron chi connectivity index (χ4n) is 5.13. The maximum atomic E-state index is 14.1. The topological polar surface area (TPSA) is 35.5 Å². The van der Waals surface area contributed by atoms with Crippen LogP contribution in [0.3, 0.4) is 0 Å². The zero-order valence-corrected chi connectivity index (χ0v) is 17.6. The van der Waals surface area contributed by atoms with Crippen LogP contribution in [0.25, 0.3) is 0 Å². The highest BCUT2D eigenvalue weighted by atomic mass is 31.2. The summed E-state index contributed by atoms with van der Waals surface area (Å²) in [4.78, 5) is 14.1. The van der Waals surface area contributed by atoms with E-state index in [-0.39, 0.29) is 17.7 Å². The average Bonchev–Trinajstić information content (AvgIpc) is 2.61. The summed E-state index contributed by atoms with van der Waals surface area (Å²) in [5.41, 5.74) is 1.03. The summed E-state index contributed by atoms with van der Waals surface area (Å²) in [6, 6.07) is 10.5. The van der Waals surface area contributed by atoms with Crippen molar-refractivity contribution in [3.8, 4) is 0 Å². The van der Waals surface area contributed by atoms with Gasteiger partial charge in [-0.05, 0) is 51.5 Å². The summed E-state index contributed by atoms with van der Waals surface area (Å²) < 4.78 is 8.69. The van der Waals surface area contributed by atoms with E-state index in [1.54, 1.807) is 0 Å². The molecule has 1 aromatic rings. The van der Waals surface area contributed by atoms with Gasteiger partial charge in [-0.2, -0.15) is 0 Å². The molecule has 0 N–H and O–H groups in total. The molecule has 0 aromatic heterocycles. The van der Waals surface area contributed by atoms with Gasteiger partial charge >= 0.3 is 0 Å². The normalized spacial score (nSPS) is 35.5. The van der Waals surface area contributed by atoms with E-state index in [4.69, 9.17) is 4.52 Å². The van der Waals surface area contributed by atoms with Gasteiger partial charge in [0.15, 0.2) is 7.87 Å². The molecule has 2 aliphatic rings. The molecule has 1 aliphatic carbocycles. The van der Waals surface area contributed by atoms with E-state index in [9.17, 15) is 4.89 Å². The molecular formula is C22H34NO2P. The third-order valence-corrected chi connectivity index (χ3v) is 9.30. The molecule has 1 aliphatic heterocycles. The molecule has 1 unspecified atom stereocenters. The lowest BCUT2D eigenvalue weighted by Gasteiger charge is -2.60. The first-order chi connectivity index (χ1) is 12.3. The van der Waals surface area contributed by atoms with Crippen LogP contribution in [0.2, 0.25) is 0 Å². The zero-order valence-electron chi connectivity index (χ0n) is 16.7. The van der Waals surface area contributed by atoms with Crippen molar-refractivity contribution in [1.82, 2.24) is 4.67 Å². The van der Waals surface area contributed by atoms with Crippen molar-refractivity contribution in [1.29, 1.82) is 0 Å². The smallest absolute Gasteiger partial charge is 0.174 e. The van der Waals surface area contributed by atoms with Crippen molar-refractivity contribution in [2.24, 2.45) is 11.8 Å². The predicted octanol–water partition coefficient (Wildman–Crippen LogP) is 5.36. The molecule has 26 heavy (non-hydrogen) atoms. The number of fused-ring (bicyclic) bond motifs is 1. The van der Waals surface area contributed by atoms with E-state index >= 15 is 0 Å². The van der Waals surface area contributed by atoms with Gasteiger partial charge in [-0.1, -0.05) is 49.8 Å². The van der Waals surface area contributed by atoms with Gasteiger partial charge in [0.25, 0.3) is 0 Å². The van der Waals surface area contributed by atoms with Gasteiger partial charge in [-0.15, -0.1) is 11.2 Å². The summed E-state index contributed by atoms with van der Waals surface area (Å²) in [5, 5.41) is 0. The third-order valence-electron chi connectivity index (χ3n) is 6.45. The van der Waals surface area contributed by atoms with Crippen LogP contribution in [0.5, 0.6) is 0 Å². The number of benzene rings is 1. The van der Waals surface area contributed by atoms with Crippen LogP contribution in [0.15, 0.2) is 43.0 Å². The van der Waals surface area contributed by atoms with Crippen LogP contribution in [-0.2, 0) is 4.52 Å². The number of hydrogen-bond acceptors (Lipinski definition) is 3. The summed E-state index contributed by atoms with van der Waals surface area (Å²) in [6.07, 6.45) is 6.80. The monoisotopic (exact) mass is 375 g/mol. The first-order valence-electron chi connectivity index (χ1n) is 10.1. The predicted molar refractivity (Wildman–Crippen MR) is 109 cm³/mol. The largest absolute Gasteiger partial charge is 0.641 e. The average molecular weight is 375 g/mol. The lowest BCUT2D eigenvalue weighted by molar-refractivity contribution is -0.239. The van der Waals surface area contributed by atoms with Crippen LogP contribution < -0.4 is 4.89 Å². The highest BCUT2D eigenvalue weighted by molar-refractivity contribution is 7.61. The Morgan fingerprint density at radius 3 is 2.65 bits per heavy atom. The van der Waals surface area contributed by atoms with E-state index < -0.39 is 7.87 Å². The van der Waals surface area contributed by atoms with E-state index in [1.165, 1.54) is 12.0 Å². The number of nitrogens with zero attached hydrogens (tertiary/aromatic N) is 1. The van der Waals surface area contributed by atoms with Crippen LogP contribution in [0.4, 0.5) is 0 Å². The molecule has 0 radical (unpaired) electrons. The minimum Gasteiger partial charge on any atom is -0.641 e. The summed E-state index contributed by atoms with van der Waals surface area (Å²) in [7, 11) is -2.91. The van der Waals surface area contributed by atoms with E-state index in [0.717, 1.165) is 19.3 Å². The second-order valence-electron chi connectivity index (χ2n) is 8.57. The maximum Gasteiger partial charge on any atom is 0.174 e. The Bertz CT molecular complexity index is 620. The fraction of sp³-hybridized carbons (Fsp3) is 0.636. The van der Waals surface area contributed by atoms with Gasteiger partial charge in [-0.3, -0.25) is 0 Å². The minimum absolute atomic E-state index is 0.0368. The minimum atomic E-state index is -2.91. The Balaban J connectivity index is 2.05. The van der Waals surface area contributed by atoms with Crippen molar-refractivity contribution in [2.75, 3.05) is 6.16 Å². The Kier molecular flexibility index (Phi) is 5.94.